The molecule has 102 valence electrons. The zero-order valence-electron chi connectivity index (χ0n) is 10.8. The van der Waals surface area contributed by atoms with Crippen molar-refractivity contribution < 1.29 is 9.53 Å². The van der Waals surface area contributed by atoms with Crippen molar-refractivity contribution in [2.24, 2.45) is 0 Å². The molecule has 0 N–H and O–H groups in total. The Labute approximate surface area is 130 Å². The van der Waals surface area contributed by atoms with Crippen LogP contribution in [0, 0.1) is 0 Å². The SMILES string of the molecule is CSC(SC)=C(Br)C(=O)OC/C=C/c1ccccc1. The molecule has 1 aromatic carbocycles. The smallest absolute Gasteiger partial charge is 0.347 e. The van der Waals surface area contributed by atoms with Gasteiger partial charge in [0.25, 0.3) is 0 Å². The lowest BCUT2D eigenvalue weighted by molar-refractivity contribution is -0.136. The standard InChI is InChI=1S/C14H15BrO2S2/c1-18-14(19-2)12(15)13(16)17-10-6-9-11-7-4-3-5-8-11/h3-9H,10H2,1-2H3/b9-6+. The molecule has 0 heterocycles. The third-order valence-electron chi connectivity index (χ3n) is 2.15. The fourth-order valence-electron chi connectivity index (χ4n) is 1.28. The fourth-order valence-corrected chi connectivity index (χ4v) is 3.56. The van der Waals surface area contributed by atoms with E-state index in [4.69, 9.17) is 4.74 Å². The molecule has 0 radical (unpaired) electrons. The van der Waals surface area contributed by atoms with Crippen LogP contribution >= 0.6 is 39.5 Å². The van der Waals surface area contributed by atoms with Crippen molar-refractivity contribution in [2.45, 2.75) is 0 Å². The normalized spacial score (nSPS) is 10.5. The summed E-state index contributed by atoms with van der Waals surface area (Å²) in [5.41, 5.74) is 1.09. The van der Waals surface area contributed by atoms with E-state index in [1.165, 1.54) is 23.5 Å². The van der Waals surface area contributed by atoms with Gasteiger partial charge in [-0.25, -0.2) is 4.79 Å². The van der Waals surface area contributed by atoms with Gasteiger partial charge in [0.05, 0.1) is 4.24 Å². The van der Waals surface area contributed by atoms with E-state index in [0.717, 1.165) is 9.80 Å². The van der Waals surface area contributed by atoms with Gasteiger partial charge in [0, 0.05) is 0 Å². The Morgan fingerprint density at radius 2 is 1.89 bits per heavy atom. The minimum absolute atomic E-state index is 0.263. The van der Waals surface area contributed by atoms with Gasteiger partial charge in [-0.3, -0.25) is 0 Å². The number of ether oxygens (including phenoxy) is 1. The molecular formula is C14H15BrO2S2. The highest BCUT2D eigenvalue weighted by atomic mass is 79.9. The van der Waals surface area contributed by atoms with Crippen LogP contribution in [0.1, 0.15) is 5.56 Å². The van der Waals surface area contributed by atoms with Crippen LogP contribution in [-0.2, 0) is 9.53 Å². The van der Waals surface area contributed by atoms with E-state index < -0.39 is 0 Å². The van der Waals surface area contributed by atoms with Crippen molar-refractivity contribution in [2.75, 3.05) is 19.1 Å². The van der Waals surface area contributed by atoms with Crippen molar-refractivity contribution in [3.63, 3.8) is 0 Å². The summed E-state index contributed by atoms with van der Waals surface area (Å²) < 4.78 is 6.55. The van der Waals surface area contributed by atoms with Crippen LogP contribution in [-0.4, -0.2) is 25.1 Å². The molecule has 0 aliphatic heterocycles. The van der Waals surface area contributed by atoms with Crippen LogP contribution in [0.2, 0.25) is 0 Å². The first-order valence-corrected chi connectivity index (χ1v) is 8.79. The summed E-state index contributed by atoms with van der Waals surface area (Å²) in [6.07, 6.45) is 7.60. The molecule has 0 aromatic heterocycles. The second-order valence-electron chi connectivity index (χ2n) is 3.42. The van der Waals surface area contributed by atoms with Crippen molar-refractivity contribution in [3.8, 4) is 0 Å². The van der Waals surface area contributed by atoms with E-state index >= 15 is 0 Å². The van der Waals surface area contributed by atoms with Gasteiger partial charge in [-0.15, -0.1) is 23.5 Å². The van der Waals surface area contributed by atoms with Gasteiger partial charge in [0.1, 0.15) is 11.1 Å². The molecule has 0 spiro atoms. The third-order valence-corrected chi connectivity index (χ3v) is 5.54. The molecule has 0 unspecified atom stereocenters. The molecule has 0 bridgehead atoms. The highest BCUT2D eigenvalue weighted by Crippen LogP contribution is 2.31. The van der Waals surface area contributed by atoms with Crippen LogP contribution in [0.15, 0.2) is 45.1 Å². The number of rotatable bonds is 6. The molecule has 0 aliphatic rings. The molecule has 0 fully saturated rings. The van der Waals surface area contributed by atoms with Crippen molar-refractivity contribution >= 4 is 51.5 Å². The van der Waals surface area contributed by atoms with E-state index in [1.807, 2.05) is 55.0 Å². The molecule has 19 heavy (non-hydrogen) atoms. The number of halogens is 1. The first-order valence-electron chi connectivity index (χ1n) is 5.55. The number of thioether (sulfide) groups is 2. The molecule has 0 saturated carbocycles. The highest BCUT2D eigenvalue weighted by molar-refractivity contribution is 9.12. The van der Waals surface area contributed by atoms with Gasteiger partial charge in [-0.2, -0.15) is 0 Å². The Hall–Kier alpha value is -0.650. The van der Waals surface area contributed by atoms with Gasteiger partial charge in [-0.1, -0.05) is 36.4 Å². The number of esters is 1. The van der Waals surface area contributed by atoms with Crippen molar-refractivity contribution in [1.82, 2.24) is 0 Å². The lowest BCUT2D eigenvalue weighted by atomic mass is 10.2. The second-order valence-corrected chi connectivity index (χ2v) is 6.11. The third kappa shape index (κ3) is 5.89. The van der Waals surface area contributed by atoms with Crippen LogP contribution in [0.3, 0.4) is 0 Å². The van der Waals surface area contributed by atoms with Crippen molar-refractivity contribution in [3.05, 3.63) is 50.7 Å². The quantitative estimate of drug-likeness (QED) is 0.551. The molecule has 0 saturated heterocycles. The average Bonchev–Trinajstić information content (AvgIpc) is 2.45. The summed E-state index contributed by atoms with van der Waals surface area (Å²) in [5, 5.41) is 0. The predicted octanol–water partition coefficient (Wildman–Crippen LogP) is 4.53. The van der Waals surface area contributed by atoms with Gasteiger partial charge in [-0.05, 0) is 40.1 Å². The van der Waals surface area contributed by atoms with E-state index in [1.54, 1.807) is 0 Å². The molecule has 0 aliphatic carbocycles. The maximum Gasteiger partial charge on any atom is 0.347 e. The first kappa shape index (κ1) is 16.4. The minimum Gasteiger partial charge on any atom is -0.457 e. The molecular weight excluding hydrogens is 344 g/mol. The number of hydrogen-bond donors (Lipinski definition) is 0. The Bertz CT molecular complexity index is 464. The molecule has 5 heteroatoms. The fraction of sp³-hybridized carbons (Fsp3) is 0.214. The molecule has 1 aromatic rings. The Morgan fingerprint density at radius 1 is 1.26 bits per heavy atom. The average molecular weight is 359 g/mol. The topological polar surface area (TPSA) is 26.3 Å². The van der Waals surface area contributed by atoms with E-state index in [2.05, 4.69) is 15.9 Å². The first-order chi connectivity index (χ1) is 9.19. The highest BCUT2D eigenvalue weighted by Gasteiger charge is 2.12. The van der Waals surface area contributed by atoms with E-state index in [-0.39, 0.29) is 12.6 Å². The van der Waals surface area contributed by atoms with Gasteiger partial charge in [0.15, 0.2) is 0 Å². The molecule has 0 atom stereocenters. The monoisotopic (exact) mass is 358 g/mol. The number of benzene rings is 1. The van der Waals surface area contributed by atoms with E-state index in [0.29, 0.717) is 4.48 Å². The Kier molecular flexibility index (Phi) is 8.02. The lowest BCUT2D eigenvalue weighted by Gasteiger charge is -2.04. The van der Waals surface area contributed by atoms with Crippen LogP contribution < -0.4 is 0 Å². The predicted molar refractivity (Wildman–Crippen MR) is 89.4 cm³/mol. The van der Waals surface area contributed by atoms with Crippen LogP contribution in [0.25, 0.3) is 6.08 Å². The zero-order valence-corrected chi connectivity index (χ0v) is 14.0. The lowest BCUT2D eigenvalue weighted by Crippen LogP contribution is -2.05. The Morgan fingerprint density at radius 3 is 2.47 bits per heavy atom. The van der Waals surface area contributed by atoms with Crippen LogP contribution in [0.4, 0.5) is 0 Å². The minimum atomic E-state index is -0.337. The maximum absolute atomic E-state index is 11.7. The summed E-state index contributed by atoms with van der Waals surface area (Å²) in [7, 11) is 0. The van der Waals surface area contributed by atoms with Gasteiger partial charge < -0.3 is 4.74 Å². The number of carbonyl (C=O) groups excluding carboxylic acids is 1. The number of carbonyl (C=O) groups is 1. The largest absolute Gasteiger partial charge is 0.457 e. The maximum atomic E-state index is 11.7. The summed E-state index contributed by atoms with van der Waals surface area (Å²) in [5.74, 6) is -0.337. The second kappa shape index (κ2) is 9.28. The summed E-state index contributed by atoms with van der Waals surface area (Å²) in [6.45, 7) is 0.263. The van der Waals surface area contributed by atoms with Crippen molar-refractivity contribution in [1.29, 1.82) is 0 Å². The summed E-state index contributed by atoms with van der Waals surface area (Å²) >= 11 is 6.31. The number of hydrogen-bond acceptors (Lipinski definition) is 4. The van der Waals surface area contributed by atoms with Gasteiger partial charge >= 0.3 is 5.97 Å². The zero-order chi connectivity index (χ0) is 14.1. The molecule has 1 rings (SSSR count). The Balaban J connectivity index is 2.47. The van der Waals surface area contributed by atoms with E-state index in [9.17, 15) is 4.79 Å². The summed E-state index contributed by atoms with van der Waals surface area (Å²) in [4.78, 5) is 11.7. The van der Waals surface area contributed by atoms with Gasteiger partial charge in [0.2, 0.25) is 0 Å². The van der Waals surface area contributed by atoms with Crippen LogP contribution in [0.5, 0.6) is 0 Å². The molecule has 0 amide bonds. The molecule has 2 nitrogen and oxygen atoms in total. The summed E-state index contributed by atoms with van der Waals surface area (Å²) in [6, 6.07) is 9.88.